The Bertz CT molecular complexity index is 1110. The fourth-order valence-corrected chi connectivity index (χ4v) is 3.70. The van der Waals surface area contributed by atoms with Crippen molar-refractivity contribution in [2.75, 3.05) is 0 Å². The Morgan fingerprint density at radius 2 is 1.69 bits per heavy atom. The fraction of sp³-hybridized carbons (Fsp3) is 0.105. The average Bonchev–Trinajstić information content (AvgIpc) is 2.53. The number of hydrogen-bond donors (Lipinski definition) is 6. The minimum atomic E-state index is -1.32. The molecule has 0 saturated carbocycles. The molecule has 1 amide bonds. The van der Waals surface area contributed by atoms with E-state index in [1.807, 2.05) is 0 Å². The van der Waals surface area contributed by atoms with E-state index in [2.05, 4.69) is 0 Å². The molecule has 3 aromatic rings. The first kappa shape index (κ1) is 16.0. The third kappa shape index (κ3) is 2.01. The number of rotatable bonds is 1. The monoisotopic (exact) mass is 353 g/mol. The van der Waals surface area contributed by atoms with Gasteiger partial charge in [0.25, 0.3) is 5.91 Å². The lowest BCUT2D eigenvalue weighted by Gasteiger charge is -2.27. The maximum Gasteiger partial charge on any atom is 0.256 e. The highest BCUT2D eigenvalue weighted by Crippen LogP contribution is 2.49. The Morgan fingerprint density at radius 1 is 0.962 bits per heavy atom. The van der Waals surface area contributed by atoms with Crippen molar-refractivity contribution < 1.29 is 30.3 Å². The summed E-state index contributed by atoms with van der Waals surface area (Å²) in [7, 11) is 0. The summed E-state index contributed by atoms with van der Waals surface area (Å²) in [5, 5.41) is 52.0. The summed E-state index contributed by atoms with van der Waals surface area (Å²) in [6.07, 6.45) is -0.983. The molecule has 132 valence electrons. The second-order valence-corrected chi connectivity index (χ2v) is 6.31. The Labute approximate surface area is 147 Å². The zero-order chi connectivity index (χ0) is 18.7. The SMILES string of the molecule is NC(=O)c1c(O)cc2cc3c(c(O)c2c1O)C(O)c1c(O)cccc1C3. The number of primary amides is 1. The summed E-state index contributed by atoms with van der Waals surface area (Å²) < 4.78 is 0. The largest absolute Gasteiger partial charge is 0.508 e. The third-order valence-corrected chi connectivity index (χ3v) is 4.83. The first-order chi connectivity index (χ1) is 12.3. The van der Waals surface area contributed by atoms with Crippen molar-refractivity contribution >= 4 is 16.7 Å². The summed E-state index contributed by atoms with van der Waals surface area (Å²) in [5.41, 5.74) is 6.35. The molecule has 0 saturated heterocycles. The predicted molar refractivity (Wildman–Crippen MR) is 92.4 cm³/mol. The van der Waals surface area contributed by atoms with Gasteiger partial charge in [-0.25, -0.2) is 0 Å². The van der Waals surface area contributed by atoms with Gasteiger partial charge in [-0.2, -0.15) is 0 Å². The molecule has 1 atom stereocenters. The van der Waals surface area contributed by atoms with Crippen molar-refractivity contribution in [3.8, 4) is 23.0 Å². The summed E-state index contributed by atoms with van der Waals surface area (Å²) in [6.45, 7) is 0. The molecule has 0 radical (unpaired) electrons. The molecule has 7 nitrogen and oxygen atoms in total. The predicted octanol–water partition coefficient (Wildman–Crippen LogP) is 1.75. The fourth-order valence-electron chi connectivity index (χ4n) is 3.70. The number of nitrogens with two attached hydrogens (primary N) is 1. The highest BCUT2D eigenvalue weighted by atomic mass is 16.3. The van der Waals surface area contributed by atoms with E-state index in [1.165, 1.54) is 12.1 Å². The molecule has 26 heavy (non-hydrogen) atoms. The topological polar surface area (TPSA) is 144 Å². The van der Waals surface area contributed by atoms with Gasteiger partial charge in [-0.05, 0) is 41.1 Å². The van der Waals surface area contributed by atoms with Crippen LogP contribution in [0, 0.1) is 0 Å². The molecular formula is C19H15NO6. The van der Waals surface area contributed by atoms with Crippen LogP contribution in [-0.2, 0) is 6.42 Å². The smallest absolute Gasteiger partial charge is 0.256 e. The number of aliphatic hydroxyl groups is 1. The third-order valence-electron chi connectivity index (χ3n) is 4.83. The first-order valence-electron chi connectivity index (χ1n) is 7.83. The van der Waals surface area contributed by atoms with E-state index < -0.39 is 34.8 Å². The number of fused-ring (bicyclic) bond motifs is 3. The van der Waals surface area contributed by atoms with E-state index in [-0.39, 0.29) is 27.6 Å². The summed E-state index contributed by atoms with van der Waals surface area (Å²) >= 11 is 0. The van der Waals surface area contributed by atoms with Crippen LogP contribution in [-0.4, -0.2) is 31.4 Å². The van der Waals surface area contributed by atoms with E-state index in [0.717, 1.165) is 0 Å². The molecule has 0 aromatic heterocycles. The molecule has 0 aliphatic heterocycles. The van der Waals surface area contributed by atoms with Crippen molar-refractivity contribution in [3.63, 3.8) is 0 Å². The van der Waals surface area contributed by atoms with E-state index in [1.54, 1.807) is 18.2 Å². The molecule has 0 fully saturated rings. The number of hydrogen-bond acceptors (Lipinski definition) is 6. The van der Waals surface area contributed by atoms with Crippen LogP contribution >= 0.6 is 0 Å². The molecule has 0 heterocycles. The zero-order valence-corrected chi connectivity index (χ0v) is 13.4. The number of aliphatic hydroxyl groups excluding tert-OH is 1. The number of carbonyl (C=O) groups is 1. The Morgan fingerprint density at radius 3 is 2.38 bits per heavy atom. The van der Waals surface area contributed by atoms with Gasteiger partial charge in [0.2, 0.25) is 0 Å². The lowest BCUT2D eigenvalue weighted by molar-refractivity contribution is 0.0995. The molecule has 4 rings (SSSR count). The minimum Gasteiger partial charge on any atom is -0.508 e. The lowest BCUT2D eigenvalue weighted by Crippen LogP contribution is -2.15. The van der Waals surface area contributed by atoms with Crippen molar-refractivity contribution in [3.05, 3.63) is 58.1 Å². The van der Waals surface area contributed by atoms with Gasteiger partial charge in [0.1, 0.15) is 34.7 Å². The van der Waals surface area contributed by atoms with Crippen LogP contribution in [0.3, 0.4) is 0 Å². The van der Waals surface area contributed by atoms with E-state index in [9.17, 15) is 30.3 Å². The van der Waals surface area contributed by atoms with Gasteiger partial charge < -0.3 is 31.3 Å². The van der Waals surface area contributed by atoms with E-state index >= 15 is 0 Å². The summed E-state index contributed by atoms with van der Waals surface area (Å²) in [4.78, 5) is 11.5. The Balaban J connectivity index is 2.07. The van der Waals surface area contributed by atoms with Crippen LogP contribution in [0.15, 0.2) is 30.3 Å². The Kier molecular flexibility index (Phi) is 3.25. The molecule has 7 N–H and O–H groups in total. The molecule has 7 heteroatoms. The van der Waals surface area contributed by atoms with Crippen molar-refractivity contribution in [1.82, 2.24) is 0 Å². The van der Waals surface area contributed by atoms with E-state index in [0.29, 0.717) is 17.5 Å². The number of phenols is 4. The van der Waals surface area contributed by atoms with Crippen molar-refractivity contribution in [2.45, 2.75) is 12.5 Å². The standard InChI is InChI=1S/C19H15NO6/c20-19(26)15-11(22)6-9-5-8-4-7-2-1-3-10(21)12(7)16(23)13(8)17(24)14(9)18(15)25/h1-3,5-6,16,21-25H,4H2,(H2,20,26). The highest BCUT2D eigenvalue weighted by Gasteiger charge is 2.32. The molecule has 1 aliphatic carbocycles. The lowest BCUT2D eigenvalue weighted by atomic mass is 9.81. The molecule has 0 bridgehead atoms. The van der Waals surface area contributed by atoms with Crippen LogP contribution in [0.5, 0.6) is 23.0 Å². The maximum absolute atomic E-state index is 11.5. The van der Waals surface area contributed by atoms with Gasteiger partial charge in [-0.3, -0.25) is 4.79 Å². The average molecular weight is 353 g/mol. The molecule has 0 spiro atoms. The number of benzene rings is 3. The van der Waals surface area contributed by atoms with Gasteiger partial charge in [0.05, 0.1) is 5.39 Å². The molecule has 3 aromatic carbocycles. The quantitative estimate of drug-likeness (QED) is 0.393. The first-order valence-corrected chi connectivity index (χ1v) is 7.83. The molecule has 1 aliphatic rings. The highest BCUT2D eigenvalue weighted by molar-refractivity contribution is 6.08. The minimum absolute atomic E-state index is 0.103. The van der Waals surface area contributed by atoms with Gasteiger partial charge in [-0.15, -0.1) is 0 Å². The van der Waals surface area contributed by atoms with E-state index in [4.69, 9.17) is 5.73 Å². The normalized spacial score (nSPS) is 15.5. The van der Waals surface area contributed by atoms with Crippen molar-refractivity contribution in [1.29, 1.82) is 0 Å². The number of amides is 1. The van der Waals surface area contributed by atoms with Gasteiger partial charge in [0, 0.05) is 11.1 Å². The number of aromatic hydroxyl groups is 4. The molecule has 1 unspecified atom stereocenters. The molecular weight excluding hydrogens is 338 g/mol. The second kappa shape index (κ2) is 5.27. The second-order valence-electron chi connectivity index (χ2n) is 6.31. The van der Waals surface area contributed by atoms with Crippen LogP contribution < -0.4 is 5.73 Å². The van der Waals surface area contributed by atoms with Crippen LogP contribution in [0.2, 0.25) is 0 Å². The summed E-state index contributed by atoms with van der Waals surface area (Å²) in [5.74, 6) is -2.76. The maximum atomic E-state index is 11.5. The van der Waals surface area contributed by atoms with Gasteiger partial charge in [-0.1, -0.05) is 12.1 Å². The van der Waals surface area contributed by atoms with Gasteiger partial charge in [0.15, 0.2) is 0 Å². The summed E-state index contributed by atoms with van der Waals surface area (Å²) in [6, 6.07) is 7.67. The van der Waals surface area contributed by atoms with Crippen LogP contribution in [0.1, 0.15) is 38.7 Å². The van der Waals surface area contributed by atoms with Gasteiger partial charge >= 0.3 is 0 Å². The van der Waals surface area contributed by atoms with Crippen molar-refractivity contribution in [2.24, 2.45) is 5.73 Å². The van der Waals surface area contributed by atoms with Crippen LogP contribution in [0.25, 0.3) is 10.8 Å². The zero-order valence-electron chi connectivity index (χ0n) is 13.4. The number of carbonyl (C=O) groups excluding carboxylic acids is 1. The Hall–Kier alpha value is -3.45. The van der Waals surface area contributed by atoms with Crippen LogP contribution in [0.4, 0.5) is 0 Å². The number of phenolic OH excluding ortho intramolecular Hbond substituents is 2.